The van der Waals surface area contributed by atoms with Gasteiger partial charge in [0.2, 0.25) is 5.91 Å². The molecule has 1 saturated heterocycles. The summed E-state index contributed by atoms with van der Waals surface area (Å²) >= 11 is 7.11. The van der Waals surface area contributed by atoms with E-state index in [1.165, 1.54) is 39.7 Å². The molecule has 3 amide bonds. The first-order valence-corrected chi connectivity index (χ1v) is 12.7. The van der Waals surface area contributed by atoms with Crippen LogP contribution < -0.4 is 20.6 Å². The molecule has 0 radical (unpaired) electrons. The molecule has 4 N–H and O–H groups in total. The summed E-state index contributed by atoms with van der Waals surface area (Å²) in [5.74, 6) is -0.336. The summed E-state index contributed by atoms with van der Waals surface area (Å²) in [6.45, 7) is 0.196. The van der Waals surface area contributed by atoms with Crippen LogP contribution in [0, 0.1) is 5.82 Å². The number of hydrogen-bond acceptors (Lipinski definition) is 7. The van der Waals surface area contributed by atoms with Crippen molar-refractivity contribution in [1.82, 2.24) is 14.9 Å². The van der Waals surface area contributed by atoms with Gasteiger partial charge in [-0.25, -0.2) is 9.18 Å². The van der Waals surface area contributed by atoms with Crippen LogP contribution in [0.2, 0.25) is 5.02 Å². The van der Waals surface area contributed by atoms with Gasteiger partial charge in [0.1, 0.15) is 18.2 Å². The van der Waals surface area contributed by atoms with Gasteiger partial charge in [-0.3, -0.25) is 9.59 Å². The monoisotopic (exact) mass is 550 g/mol. The number of nitrogens with two attached hydrogens (primary N) is 1. The molecule has 0 bridgehead atoms. The van der Waals surface area contributed by atoms with Crippen molar-refractivity contribution in [3.8, 4) is 5.75 Å². The molecule has 13 heteroatoms. The minimum Gasteiger partial charge on any atom is -0.491 e. The van der Waals surface area contributed by atoms with E-state index in [0.717, 1.165) is 0 Å². The summed E-state index contributed by atoms with van der Waals surface area (Å²) in [6.07, 6.45) is 0.352. The summed E-state index contributed by atoms with van der Waals surface area (Å²) in [7, 11) is 0. The molecular formula is C24H24ClFN4O6S. The number of primary amides is 1. The van der Waals surface area contributed by atoms with Crippen LogP contribution in [0.3, 0.4) is 0 Å². The van der Waals surface area contributed by atoms with E-state index in [0.29, 0.717) is 34.5 Å². The number of nitrogens with zero attached hydrogens (tertiary/aromatic N) is 2. The van der Waals surface area contributed by atoms with Gasteiger partial charge in [0, 0.05) is 36.0 Å². The number of hydrogen-bond donors (Lipinski definition) is 3. The van der Waals surface area contributed by atoms with E-state index in [4.69, 9.17) is 32.0 Å². The molecule has 2 heterocycles. The second-order valence-electron chi connectivity index (χ2n) is 8.06. The van der Waals surface area contributed by atoms with Crippen molar-refractivity contribution in [1.29, 1.82) is 0 Å². The Morgan fingerprint density at radius 1 is 1.24 bits per heavy atom. The number of aliphatic hydroxyl groups excluding tert-OH is 1. The average molecular weight is 551 g/mol. The lowest BCUT2D eigenvalue weighted by atomic mass is 10.1. The normalized spacial score (nSPS) is 15.1. The predicted octanol–water partition coefficient (Wildman–Crippen LogP) is 2.07. The topological polar surface area (TPSA) is 136 Å². The van der Waals surface area contributed by atoms with Gasteiger partial charge in [0.05, 0.1) is 23.6 Å². The van der Waals surface area contributed by atoms with Crippen molar-refractivity contribution < 1.29 is 33.5 Å². The molecule has 0 unspecified atom stereocenters. The van der Waals surface area contributed by atoms with Crippen LogP contribution in [-0.2, 0) is 22.6 Å². The largest absolute Gasteiger partial charge is 0.491 e. The molecule has 196 valence electrons. The Kier molecular flexibility index (Phi) is 8.41. The van der Waals surface area contributed by atoms with Gasteiger partial charge < -0.3 is 30.6 Å². The molecule has 0 saturated carbocycles. The van der Waals surface area contributed by atoms with Gasteiger partial charge in [-0.2, -0.15) is 4.73 Å². The van der Waals surface area contributed by atoms with E-state index < -0.39 is 23.2 Å². The van der Waals surface area contributed by atoms with Crippen LogP contribution in [0.25, 0.3) is 10.9 Å². The summed E-state index contributed by atoms with van der Waals surface area (Å²) in [5, 5.41) is 11.5. The Labute approximate surface area is 220 Å². The Bertz CT molecular complexity index is 1340. The number of aromatic nitrogens is 1. The molecule has 1 aromatic heterocycles. The number of ether oxygens (including phenoxy) is 1. The molecule has 1 aliphatic rings. The van der Waals surface area contributed by atoms with Crippen LogP contribution in [0.15, 0.2) is 42.6 Å². The number of aliphatic hydroxyl groups is 1. The zero-order chi connectivity index (χ0) is 26.5. The lowest BCUT2D eigenvalue weighted by Crippen LogP contribution is -2.45. The van der Waals surface area contributed by atoms with Crippen molar-refractivity contribution in [2.24, 2.45) is 5.73 Å². The fourth-order valence-electron chi connectivity index (χ4n) is 3.97. The van der Waals surface area contributed by atoms with Crippen molar-refractivity contribution >= 4 is 52.2 Å². The molecule has 1 atom stereocenters. The number of amides is 3. The van der Waals surface area contributed by atoms with Gasteiger partial charge in [-0.1, -0.05) is 23.7 Å². The van der Waals surface area contributed by atoms with E-state index in [1.54, 1.807) is 24.3 Å². The molecule has 1 aliphatic heterocycles. The maximum absolute atomic E-state index is 14.2. The van der Waals surface area contributed by atoms with Crippen LogP contribution in [-0.4, -0.2) is 63.5 Å². The number of benzene rings is 2. The lowest BCUT2D eigenvalue weighted by molar-refractivity contribution is -0.136. The maximum atomic E-state index is 14.2. The summed E-state index contributed by atoms with van der Waals surface area (Å²) < 4.78 is 20.8. The first-order chi connectivity index (χ1) is 17.8. The van der Waals surface area contributed by atoms with Crippen molar-refractivity contribution in [3.63, 3.8) is 0 Å². The van der Waals surface area contributed by atoms with Crippen molar-refractivity contribution in [2.45, 2.75) is 18.3 Å². The zero-order valence-corrected chi connectivity index (χ0v) is 21.1. The van der Waals surface area contributed by atoms with E-state index >= 15 is 0 Å². The lowest BCUT2D eigenvalue weighted by Gasteiger charge is -2.23. The summed E-state index contributed by atoms with van der Waals surface area (Å²) in [5.41, 5.74) is 6.41. The van der Waals surface area contributed by atoms with E-state index in [-0.39, 0.29) is 42.7 Å². The SMILES string of the molecule is NC(=O)On1cc(CC(=O)N2CCS[C@H]2C(=O)NCc2cccc(Cl)c2F)c2cc(OCCO)ccc21. The maximum Gasteiger partial charge on any atom is 0.429 e. The molecule has 1 fully saturated rings. The first kappa shape index (κ1) is 26.6. The fourth-order valence-corrected chi connectivity index (χ4v) is 5.33. The quantitative estimate of drug-likeness (QED) is 0.371. The van der Waals surface area contributed by atoms with Crippen LogP contribution in [0.5, 0.6) is 5.75 Å². The molecule has 10 nitrogen and oxygen atoms in total. The highest BCUT2D eigenvalue weighted by molar-refractivity contribution is 8.00. The van der Waals surface area contributed by atoms with Crippen LogP contribution in [0.4, 0.5) is 9.18 Å². The number of rotatable bonds is 9. The number of halogens is 2. The van der Waals surface area contributed by atoms with E-state index in [1.807, 2.05) is 0 Å². The Hall–Kier alpha value is -3.48. The van der Waals surface area contributed by atoms with Crippen molar-refractivity contribution in [2.75, 3.05) is 25.5 Å². The van der Waals surface area contributed by atoms with Gasteiger partial charge >= 0.3 is 6.09 Å². The van der Waals surface area contributed by atoms with Gasteiger partial charge in [0.15, 0.2) is 5.37 Å². The molecule has 3 aromatic rings. The number of thioether (sulfide) groups is 1. The minimum absolute atomic E-state index is 0.0387. The second kappa shape index (κ2) is 11.7. The number of fused-ring (bicyclic) bond motifs is 1. The molecular weight excluding hydrogens is 527 g/mol. The highest BCUT2D eigenvalue weighted by Gasteiger charge is 2.35. The van der Waals surface area contributed by atoms with Crippen LogP contribution >= 0.6 is 23.4 Å². The standard InChI is InChI=1S/C24H24ClFN4O6S/c25-18-3-1-2-14(21(18)26)12-28-22(33)23-29(6-9-37-23)20(32)10-15-13-30(36-24(27)34)19-5-4-16(11-17(15)19)35-8-7-31/h1-5,11,13,23,31H,6-10,12H2,(H2,27,34)(H,28,33)/t23-/m0/s1. The molecule has 37 heavy (non-hydrogen) atoms. The second-order valence-corrected chi connectivity index (χ2v) is 9.65. The molecule has 4 rings (SSSR count). The fraction of sp³-hybridized carbons (Fsp3) is 0.292. The highest BCUT2D eigenvalue weighted by atomic mass is 35.5. The Morgan fingerprint density at radius 2 is 2.05 bits per heavy atom. The summed E-state index contributed by atoms with van der Waals surface area (Å²) in [6, 6.07) is 9.46. The van der Waals surface area contributed by atoms with Gasteiger partial charge in [0.25, 0.3) is 5.91 Å². The molecule has 0 aliphatic carbocycles. The smallest absolute Gasteiger partial charge is 0.429 e. The zero-order valence-electron chi connectivity index (χ0n) is 19.5. The minimum atomic E-state index is -1.03. The van der Waals surface area contributed by atoms with E-state index in [2.05, 4.69) is 5.32 Å². The predicted molar refractivity (Wildman–Crippen MR) is 136 cm³/mol. The number of nitrogens with one attached hydrogen (secondary N) is 1. The summed E-state index contributed by atoms with van der Waals surface area (Å²) in [4.78, 5) is 44.0. The molecule has 2 aromatic carbocycles. The first-order valence-electron chi connectivity index (χ1n) is 11.3. The Balaban J connectivity index is 1.50. The van der Waals surface area contributed by atoms with E-state index in [9.17, 15) is 18.8 Å². The number of carbonyl (C=O) groups excluding carboxylic acids is 3. The average Bonchev–Trinajstić information content (AvgIpc) is 3.49. The Morgan fingerprint density at radius 3 is 2.81 bits per heavy atom. The third-order valence-corrected chi connectivity index (χ3v) is 7.13. The third kappa shape index (κ3) is 6.09. The van der Waals surface area contributed by atoms with Gasteiger partial charge in [-0.15, -0.1) is 11.8 Å². The number of carbonyl (C=O) groups is 3. The van der Waals surface area contributed by atoms with Crippen molar-refractivity contribution in [3.05, 3.63) is 64.6 Å². The highest BCUT2D eigenvalue weighted by Crippen LogP contribution is 2.29. The van der Waals surface area contributed by atoms with Gasteiger partial charge in [-0.05, 0) is 29.8 Å². The van der Waals surface area contributed by atoms with Crippen LogP contribution in [0.1, 0.15) is 11.1 Å². The molecule has 0 spiro atoms. The third-order valence-electron chi connectivity index (χ3n) is 5.63.